The zero-order valence-corrected chi connectivity index (χ0v) is 15.3. The molecule has 3 rings (SSSR count). The standard InChI is InChI=1S/C19H20FN3O5/c1-28-16-9-13(20)4-5-14(16)15-6-7-17(24)23(21-15)11-18(25)22-8-2-3-12(10-22)19(26)27/h4-7,9,12H,2-3,8,10-11H2,1H3,(H,26,27)/t12-/m0/s1. The summed E-state index contributed by atoms with van der Waals surface area (Å²) in [6, 6.07) is 6.68. The number of halogens is 1. The fourth-order valence-corrected chi connectivity index (χ4v) is 3.22. The number of ether oxygens (including phenoxy) is 1. The van der Waals surface area contributed by atoms with E-state index >= 15 is 0 Å². The zero-order chi connectivity index (χ0) is 20.3. The van der Waals surface area contributed by atoms with Gasteiger partial charge < -0.3 is 14.7 Å². The molecule has 148 valence electrons. The molecule has 1 aromatic heterocycles. The SMILES string of the molecule is COc1cc(F)ccc1-c1ccc(=O)n(CC(=O)N2CCC[C@H](C(=O)O)C2)n1. The molecule has 1 aromatic carbocycles. The average molecular weight is 389 g/mol. The number of carboxylic acid groups (broad SMARTS) is 1. The van der Waals surface area contributed by atoms with Crippen LogP contribution >= 0.6 is 0 Å². The fraction of sp³-hybridized carbons (Fsp3) is 0.368. The van der Waals surface area contributed by atoms with E-state index in [1.807, 2.05) is 0 Å². The highest BCUT2D eigenvalue weighted by Gasteiger charge is 2.28. The van der Waals surface area contributed by atoms with Crippen LogP contribution in [0.15, 0.2) is 35.1 Å². The van der Waals surface area contributed by atoms with Crippen LogP contribution in [0.4, 0.5) is 4.39 Å². The van der Waals surface area contributed by atoms with Gasteiger partial charge >= 0.3 is 5.97 Å². The molecule has 8 nitrogen and oxygen atoms in total. The molecule has 0 bridgehead atoms. The van der Waals surface area contributed by atoms with Gasteiger partial charge in [0.2, 0.25) is 5.91 Å². The van der Waals surface area contributed by atoms with Crippen LogP contribution in [0.3, 0.4) is 0 Å². The maximum atomic E-state index is 13.4. The number of piperidine rings is 1. The number of aromatic nitrogens is 2. The van der Waals surface area contributed by atoms with Gasteiger partial charge in [-0.25, -0.2) is 9.07 Å². The Kier molecular flexibility index (Phi) is 5.72. The minimum atomic E-state index is -0.932. The lowest BCUT2D eigenvalue weighted by Gasteiger charge is -2.30. The van der Waals surface area contributed by atoms with Crippen LogP contribution in [0.2, 0.25) is 0 Å². The summed E-state index contributed by atoms with van der Waals surface area (Å²) in [7, 11) is 1.40. The van der Waals surface area contributed by atoms with Crippen molar-refractivity contribution < 1.29 is 23.8 Å². The number of carbonyl (C=O) groups is 2. The largest absolute Gasteiger partial charge is 0.496 e. The van der Waals surface area contributed by atoms with Gasteiger partial charge in [-0.3, -0.25) is 14.4 Å². The van der Waals surface area contributed by atoms with Crippen LogP contribution < -0.4 is 10.3 Å². The number of nitrogens with zero attached hydrogens (tertiary/aromatic N) is 3. The van der Waals surface area contributed by atoms with Crippen molar-refractivity contribution in [2.24, 2.45) is 5.92 Å². The van der Waals surface area contributed by atoms with Crippen LogP contribution in [0.1, 0.15) is 12.8 Å². The second-order valence-electron chi connectivity index (χ2n) is 6.58. The van der Waals surface area contributed by atoms with Crippen molar-refractivity contribution in [2.45, 2.75) is 19.4 Å². The molecule has 1 aliphatic rings. The van der Waals surface area contributed by atoms with Crippen molar-refractivity contribution in [3.05, 3.63) is 46.5 Å². The number of carbonyl (C=O) groups excluding carboxylic acids is 1. The van der Waals surface area contributed by atoms with Gasteiger partial charge in [0.1, 0.15) is 18.1 Å². The molecule has 2 heterocycles. The van der Waals surface area contributed by atoms with E-state index in [4.69, 9.17) is 9.84 Å². The van der Waals surface area contributed by atoms with Crippen molar-refractivity contribution in [2.75, 3.05) is 20.2 Å². The Morgan fingerprint density at radius 1 is 1.32 bits per heavy atom. The smallest absolute Gasteiger partial charge is 0.308 e. The number of rotatable bonds is 5. The molecular weight excluding hydrogens is 369 g/mol. The second kappa shape index (κ2) is 8.20. The molecule has 28 heavy (non-hydrogen) atoms. The molecule has 0 radical (unpaired) electrons. The highest BCUT2D eigenvalue weighted by Crippen LogP contribution is 2.28. The lowest BCUT2D eigenvalue weighted by molar-refractivity contribution is -0.145. The summed E-state index contributed by atoms with van der Waals surface area (Å²) >= 11 is 0. The van der Waals surface area contributed by atoms with Gasteiger partial charge in [0, 0.05) is 30.8 Å². The third-order valence-corrected chi connectivity index (χ3v) is 4.71. The molecule has 1 fully saturated rings. The first kappa shape index (κ1) is 19.5. The molecule has 1 saturated heterocycles. The van der Waals surface area contributed by atoms with Crippen LogP contribution in [0.25, 0.3) is 11.3 Å². The first-order valence-corrected chi connectivity index (χ1v) is 8.81. The molecule has 9 heteroatoms. The Hall–Kier alpha value is -3.23. The third-order valence-electron chi connectivity index (χ3n) is 4.71. The van der Waals surface area contributed by atoms with Gasteiger partial charge in [-0.15, -0.1) is 0 Å². The first-order chi connectivity index (χ1) is 13.4. The second-order valence-corrected chi connectivity index (χ2v) is 6.58. The van der Waals surface area contributed by atoms with Crippen molar-refractivity contribution in [1.82, 2.24) is 14.7 Å². The number of amides is 1. The van der Waals surface area contributed by atoms with E-state index in [-0.39, 0.29) is 24.7 Å². The van der Waals surface area contributed by atoms with Crippen molar-refractivity contribution >= 4 is 11.9 Å². The van der Waals surface area contributed by atoms with E-state index in [0.717, 1.165) is 4.68 Å². The number of methoxy groups -OCH3 is 1. The Morgan fingerprint density at radius 2 is 2.11 bits per heavy atom. The molecule has 1 amide bonds. The van der Waals surface area contributed by atoms with E-state index in [1.54, 1.807) is 0 Å². The summed E-state index contributed by atoms with van der Waals surface area (Å²) in [5.41, 5.74) is 0.366. The van der Waals surface area contributed by atoms with Crippen molar-refractivity contribution in [3.63, 3.8) is 0 Å². The fourth-order valence-electron chi connectivity index (χ4n) is 3.22. The highest BCUT2D eigenvalue weighted by atomic mass is 19.1. The quantitative estimate of drug-likeness (QED) is 0.829. The van der Waals surface area contributed by atoms with E-state index in [0.29, 0.717) is 30.6 Å². The molecule has 1 N–H and O–H groups in total. The average Bonchev–Trinajstić information content (AvgIpc) is 2.69. The number of aliphatic carboxylic acids is 1. The Labute approximate surface area is 160 Å². The van der Waals surface area contributed by atoms with E-state index in [2.05, 4.69) is 5.10 Å². The van der Waals surface area contributed by atoms with E-state index in [9.17, 15) is 18.8 Å². The molecule has 0 aliphatic carbocycles. The van der Waals surface area contributed by atoms with Gasteiger partial charge in [0.25, 0.3) is 5.56 Å². The maximum absolute atomic E-state index is 13.4. The summed E-state index contributed by atoms with van der Waals surface area (Å²) in [6.07, 6.45) is 1.12. The Bertz CT molecular complexity index is 959. The van der Waals surface area contributed by atoms with Crippen LogP contribution in [-0.4, -0.2) is 51.9 Å². The van der Waals surface area contributed by atoms with Crippen molar-refractivity contribution in [3.8, 4) is 17.0 Å². The zero-order valence-electron chi connectivity index (χ0n) is 15.3. The molecule has 2 aromatic rings. The van der Waals surface area contributed by atoms with Gasteiger partial charge in [-0.1, -0.05) is 0 Å². The molecule has 0 unspecified atom stereocenters. The Morgan fingerprint density at radius 3 is 2.82 bits per heavy atom. The van der Waals surface area contributed by atoms with E-state index in [1.165, 1.54) is 42.3 Å². The number of hydrogen-bond donors (Lipinski definition) is 1. The molecule has 1 atom stereocenters. The van der Waals surface area contributed by atoms with Gasteiger partial charge in [0.15, 0.2) is 0 Å². The number of carboxylic acids is 1. The topological polar surface area (TPSA) is 102 Å². The first-order valence-electron chi connectivity index (χ1n) is 8.81. The van der Waals surface area contributed by atoms with E-state index < -0.39 is 23.3 Å². The van der Waals surface area contributed by atoms with Crippen LogP contribution in [0, 0.1) is 11.7 Å². The predicted molar refractivity (Wildman–Crippen MR) is 97.4 cm³/mol. The normalized spacial score (nSPS) is 16.6. The number of hydrogen-bond acceptors (Lipinski definition) is 5. The number of likely N-dealkylation sites (tertiary alicyclic amines) is 1. The summed E-state index contributed by atoms with van der Waals surface area (Å²) in [6.45, 7) is 0.264. The molecular formula is C19H20FN3O5. The van der Waals surface area contributed by atoms with Gasteiger partial charge in [-0.2, -0.15) is 5.10 Å². The Balaban J connectivity index is 1.83. The molecule has 0 spiro atoms. The lowest BCUT2D eigenvalue weighted by Crippen LogP contribution is -2.44. The van der Waals surface area contributed by atoms with Crippen molar-refractivity contribution in [1.29, 1.82) is 0 Å². The summed E-state index contributed by atoms with van der Waals surface area (Å²) in [4.78, 5) is 37.3. The van der Waals surface area contributed by atoms with Gasteiger partial charge in [-0.05, 0) is 31.0 Å². The van der Waals surface area contributed by atoms with Gasteiger partial charge in [0.05, 0.1) is 18.7 Å². The summed E-state index contributed by atoms with van der Waals surface area (Å²) < 4.78 is 19.6. The molecule has 0 saturated carbocycles. The minimum absolute atomic E-state index is 0.119. The highest BCUT2D eigenvalue weighted by molar-refractivity contribution is 5.78. The van der Waals surface area contributed by atoms with Crippen LogP contribution in [-0.2, 0) is 16.1 Å². The minimum Gasteiger partial charge on any atom is -0.496 e. The van der Waals surface area contributed by atoms with Crippen LogP contribution in [0.5, 0.6) is 5.75 Å². The monoisotopic (exact) mass is 389 g/mol. The summed E-state index contributed by atoms with van der Waals surface area (Å²) in [5, 5.41) is 13.4. The lowest BCUT2D eigenvalue weighted by atomic mass is 9.98. The summed E-state index contributed by atoms with van der Waals surface area (Å²) in [5.74, 6) is -2.12. The third kappa shape index (κ3) is 4.19. The maximum Gasteiger partial charge on any atom is 0.308 e. The predicted octanol–water partition coefficient (Wildman–Crippen LogP) is 1.38. The molecule has 1 aliphatic heterocycles. The number of benzene rings is 1.